The summed E-state index contributed by atoms with van der Waals surface area (Å²) in [5, 5.41) is 12.9. The molecular weight excluding hydrogens is 468 g/mol. The van der Waals surface area contributed by atoms with E-state index in [1.54, 1.807) is 13.1 Å². The standard InChI is InChI=1S/C25H36N4O5S/c1-5-16(2)21(28-22(30)11-19-12-26-15-27-19)13-34-29-23(25(32)33)20(14-35-4)24(31)17(3)18-9-7-6-8-10-18/h6-10,12,15-17,20-21,23,29H,5,11,13-14H2,1-4H3,(H,26,27)(H,28,30)(H,32,33). The Balaban J connectivity index is 2.05. The Kier molecular flexibility index (Phi) is 11.9. The van der Waals surface area contributed by atoms with Gasteiger partial charge in [0.2, 0.25) is 5.91 Å². The van der Waals surface area contributed by atoms with Crippen LogP contribution in [0, 0.1) is 11.8 Å². The van der Waals surface area contributed by atoms with E-state index >= 15 is 0 Å². The largest absolute Gasteiger partial charge is 0.480 e. The van der Waals surface area contributed by atoms with Gasteiger partial charge >= 0.3 is 5.97 Å². The van der Waals surface area contributed by atoms with E-state index in [2.05, 4.69) is 20.8 Å². The third kappa shape index (κ3) is 8.79. The molecule has 192 valence electrons. The van der Waals surface area contributed by atoms with Gasteiger partial charge in [-0.15, -0.1) is 0 Å². The van der Waals surface area contributed by atoms with E-state index in [9.17, 15) is 19.5 Å². The molecule has 10 heteroatoms. The lowest BCUT2D eigenvalue weighted by atomic mass is 9.86. The second-order valence-electron chi connectivity index (χ2n) is 8.65. The normalized spacial score (nSPS) is 15.5. The minimum Gasteiger partial charge on any atom is -0.480 e. The number of thioether (sulfide) groups is 1. The molecule has 0 saturated carbocycles. The molecule has 1 aromatic heterocycles. The number of carboxylic acids is 1. The fraction of sp³-hybridized carbons (Fsp3) is 0.520. The number of amides is 1. The summed E-state index contributed by atoms with van der Waals surface area (Å²) in [5.41, 5.74) is 4.15. The van der Waals surface area contributed by atoms with Gasteiger partial charge in [-0.25, -0.2) is 4.98 Å². The highest BCUT2D eigenvalue weighted by Crippen LogP contribution is 2.24. The Labute approximate surface area is 210 Å². The maximum Gasteiger partial charge on any atom is 0.323 e. The Morgan fingerprint density at radius 2 is 1.91 bits per heavy atom. The maximum atomic E-state index is 13.3. The van der Waals surface area contributed by atoms with Gasteiger partial charge in [0.1, 0.15) is 11.8 Å². The zero-order chi connectivity index (χ0) is 25.8. The van der Waals surface area contributed by atoms with E-state index in [0.29, 0.717) is 11.4 Å². The van der Waals surface area contributed by atoms with Crippen LogP contribution in [0.3, 0.4) is 0 Å². The smallest absolute Gasteiger partial charge is 0.323 e. The van der Waals surface area contributed by atoms with E-state index in [4.69, 9.17) is 4.84 Å². The van der Waals surface area contributed by atoms with Crippen molar-refractivity contribution in [2.24, 2.45) is 11.8 Å². The van der Waals surface area contributed by atoms with Crippen LogP contribution in [-0.4, -0.2) is 63.4 Å². The Bertz CT molecular complexity index is 925. The molecule has 2 aromatic rings. The van der Waals surface area contributed by atoms with Crippen molar-refractivity contribution in [2.45, 2.75) is 51.6 Å². The molecule has 1 aromatic carbocycles. The molecule has 0 aliphatic rings. The fourth-order valence-corrected chi connectivity index (χ4v) is 4.44. The number of carbonyl (C=O) groups is 3. The van der Waals surface area contributed by atoms with E-state index < -0.39 is 23.8 Å². The van der Waals surface area contributed by atoms with Crippen molar-refractivity contribution < 1.29 is 24.3 Å². The van der Waals surface area contributed by atoms with Crippen LogP contribution >= 0.6 is 11.8 Å². The van der Waals surface area contributed by atoms with E-state index in [1.165, 1.54) is 18.1 Å². The minimum absolute atomic E-state index is 0.0575. The molecule has 1 heterocycles. The van der Waals surface area contributed by atoms with Crippen LogP contribution in [0.1, 0.15) is 44.4 Å². The average Bonchev–Trinajstić information content (AvgIpc) is 3.36. The number of carboxylic acid groups (broad SMARTS) is 1. The second-order valence-corrected chi connectivity index (χ2v) is 9.57. The van der Waals surface area contributed by atoms with E-state index in [0.717, 1.165) is 12.0 Å². The number of benzene rings is 1. The second kappa shape index (κ2) is 14.7. The molecule has 5 unspecified atom stereocenters. The first-order chi connectivity index (χ1) is 16.8. The first-order valence-electron chi connectivity index (χ1n) is 11.7. The van der Waals surface area contributed by atoms with Crippen molar-refractivity contribution in [3.63, 3.8) is 0 Å². The third-order valence-corrected chi connectivity index (χ3v) is 6.86. The number of hydroxylamine groups is 1. The van der Waals surface area contributed by atoms with Gasteiger partial charge in [0.05, 0.1) is 31.3 Å². The molecule has 0 radical (unpaired) electrons. The van der Waals surface area contributed by atoms with Gasteiger partial charge in [0.25, 0.3) is 0 Å². The van der Waals surface area contributed by atoms with Gasteiger partial charge in [-0.2, -0.15) is 17.2 Å². The topological polar surface area (TPSA) is 133 Å². The number of aromatic amines is 1. The number of hydrogen-bond donors (Lipinski definition) is 4. The molecule has 35 heavy (non-hydrogen) atoms. The molecule has 9 nitrogen and oxygen atoms in total. The first kappa shape index (κ1) is 28.5. The minimum atomic E-state index is -1.22. The van der Waals surface area contributed by atoms with Crippen molar-refractivity contribution in [1.82, 2.24) is 20.8 Å². The van der Waals surface area contributed by atoms with Crippen LogP contribution in [0.5, 0.6) is 0 Å². The number of H-pyrrole nitrogens is 1. The van der Waals surface area contributed by atoms with E-state index in [1.807, 2.05) is 50.4 Å². The Hall–Kier alpha value is -2.69. The monoisotopic (exact) mass is 504 g/mol. The summed E-state index contributed by atoms with van der Waals surface area (Å²) in [6.07, 6.45) is 5.88. The molecule has 0 aliphatic heterocycles. The zero-order valence-electron chi connectivity index (χ0n) is 20.7. The number of carbonyl (C=O) groups excluding carboxylic acids is 2. The summed E-state index contributed by atoms with van der Waals surface area (Å²) in [7, 11) is 0. The summed E-state index contributed by atoms with van der Waals surface area (Å²) >= 11 is 1.41. The molecule has 2 rings (SSSR count). The SMILES string of the molecule is CCC(C)C(CONC(C(=O)O)C(CSC)C(=O)C(C)c1ccccc1)NC(=O)Cc1cnc[nH]1. The molecule has 0 saturated heterocycles. The predicted molar refractivity (Wildman–Crippen MR) is 136 cm³/mol. The number of hydrogen-bond acceptors (Lipinski definition) is 7. The average molecular weight is 505 g/mol. The van der Waals surface area contributed by atoms with Crippen molar-refractivity contribution >= 4 is 29.4 Å². The van der Waals surface area contributed by atoms with E-state index in [-0.39, 0.29) is 36.7 Å². The van der Waals surface area contributed by atoms with Crippen LogP contribution in [0.15, 0.2) is 42.9 Å². The molecule has 0 spiro atoms. The number of aliphatic carboxylic acids is 1. The number of Topliss-reactive ketones (excluding diaryl/α,β-unsaturated/α-hetero) is 1. The molecule has 0 aliphatic carbocycles. The molecule has 0 fully saturated rings. The first-order valence-corrected chi connectivity index (χ1v) is 13.1. The van der Waals surface area contributed by atoms with Crippen LogP contribution in [0.25, 0.3) is 0 Å². The molecule has 4 N–H and O–H groups in total. The lowest BCUT2D eigenvalue weighted by molar-refractivity contribution is -0.150. The van der Waals surface area contributed by atoms with Crippen LogP contribution < -0.4 is 10.8 Å². The number of nitrogens with one attached hydrogen (secondary N) is 3. The van der Waals surface area contributed by atoms with Crippen molar-refractivity contribution in [2.75, 3.05) is 18.6 Å². The van der Waals surface area contributed by atoms with Crippen LogP contribution in [0.2, 0.25) is 0 Å². The highest BCUT2D eigenvalue weighted by Gasteiger charge is 2.36. The van der Waals surface area contributed by atoms with Crippen molar-refractivity contribution in [1.29, 1.82) is 0 Å². The molecular formula is C25H36N4O5S. The number of ketones is 1. The van der Waals surface area contributed by atoms with Crippen molar-refractivity contribution in [3.05, 3.63) is 54.1 Å². The zero-order valence-corrected chi connectivity index (χ0v) is 21.5. The third-order valence-electron chi connectivity index (χ3n) is 6.16. The molecule has 5 atom stereocenters. The summed E-state index contributed by atoms with van der Waals surface area (Å²) in [5.74, 6) is -2.35. The predicted octanol–water partition coefficient (Wildman–Crippen LogP) is 2.81. The lowest BCUT2D eigenvalue weighted by Crippen LogP contribution is -2.50. The van der Waals surface area contributed by atoms with Crippen LogP contribution in [0.4, 0.5) is 0 Å². The maximum absolute atomic E-state index is 13.3. The Morgan fingerprint density at radius 3 is 2.49 bits per heavy atom. The van der Waals surface area contributed by atoms with Gasteiger partial charge in [-0.1, -0.05) is 57.5 Å². The summed E-state index contributed by atoms with van der Waals surface area (Å²) in [6.45, 7) is 5.84. The van der Waals surface area contributed by atoms with Gasteiger partial charge in [-0.3, -0.25) is 19.2 Å². The lowest BCUT2D eigenvalue weighted by Gasteiger charge is -2.28. The quantitative estimate of drug-likeness (QED) is 0.257. The highest BCUT2D eigenvalue weighted by molar-refractivity contribution is 7.98. The number of nitrogens with zero attached hydrogens (tertiary/aromatic N) is 1. The van der Waals surface area contributed by atoms with Crippen LogP contribution in [-0.2, 0) is 25.6 Å². The summed E-state index contributed by atoms with van der Waals surface area (Å²) < 4.78 is 0. The number of aromatic nitrogens is 2. The Morgan fingerprint density at radius 1 is 1.20 bits per heavy atom. The number of imidazole rings is 1. The molecule has 1 amide bonds. The fourth-order valence-electron chi connectivity index (χ4n) is 3.73. The summed E-state index contributed by atoms with van der Waals surface area (Å²) in [4.78, 5) is 50.3. The van der Waals surface area contributed by atoms with Gasteiger partial charge in [-0.05, 0) is 17.7 Å². The molecule has 0 bridgehead atoms. The van der Waals surface area contributed by atoms with Gasteiger partial charge < -0.3 is 15.4 Å². The van der Waals surface area contributed by atoms with Gasteiger partial charge in [0.15, 0.2) is 0 Å². The number of rotatable bonds is 16. The highest BCUT2D eigenvalue weighted by atomic mass is 32.2. The van der Waals surface area contributed by atoms with Crippen molar-refractivity contribution in [3.8, 4) is 0 Å². The van der Waals surface area contributed by atoms with Gasteiger partial charge in [0, 0.05) is 23.6 Å². The summed E-state index contributed by atoms with van der Waals surface area (Å²) in [6, 6.07) is 7.75.